The van der Waals surface area contributed by atoms with Gasteiger partial charge in [-0.15, -0.1) is 11.3 Å². The maximum absolute atomic E-state index is 11.0. The third kappa shape index (κ3) is 4.14. The Bertz CT molecular complexity index is 635. The molecule has 0 aliphatic carbocycles. The molecule has 0 spiro atoms. The molecule has 0 saturated heterocycles. The number of thiophene rings is 1. The van der Waals surface area contributed by atoms with E-state index in [0.29, 0.717) is 0 Å². The molecule has 1 aromatic heterocycles. The molecular weight excluding hydrogens is 282 g/mol. The Morgan fingerprint density at radius 2 is 1.89 bits per heavy atom. The molecule has 1 atom stereocenters. The van der Waals surface area contributed by atoms with E-state index in [4.69, 9.17) is 0 Å². The molecule has 0 fully saturated rings. The van der Waals surface area contributed by atoms with Crippen molar-refractivity contribution < 1.29 is 13.5 Å². The first-order valence-corrected chi connectivity index (χ1v) is 8.43. The first kappa shape index (κ1) is 14.2. The first-order chi connectivity index (χ1) is 8.96. The van der Waals surface area contributed by atoms with Crippen molar-refractivity contribution in [3.05, 3.63) is 57.8 Å². The maximum atomic E-state index is 11.0. The van der Waals surface area contributed by atoms with Crippen LogP contribution in [0.4, 0.5) is 0 Å². The fourth-order valence-electron chi connectivity index (χ4n) is 1.64. The van der Waals surface area contributed by atoms with E-state index in [0.717, 1.165) is 21.6 Å². The van der Waals surface area contributed by atoms with E-state index >= 15 is 0 Å². The maximum Gasteiger partial charge on any atom is 0.209 e. The van der Waals surface area contributed by atoms with Gasteiger partial charge in [0, 0.05) is 16.3 Å². The van der Waals surface area contributed by atoms with Crippen LogP contribution in [-0.2, 0) is 16.6 Å². The van der Waals surface area contributed by atoms with Gasteiger partial charge in [-0.2, -0.15) is 0 Å². The lowest BCUT2D eigenvalue weighted by Crippen LogP contribution is -2.20. The van der Waals surface area contributed by atoms with Crippen LogP contribution in [-0.4, -0.2) is 19.8 Å². The Hall–Kier alpha value is -1.21. The summed E-state index contributed by atoms with van der Waals surface area (Å²) in [6.07, 6.45) is 0.457. The summed E-state index contributed by atoms with van der Waals surface area (Å²) in [6.45, 7) is 0.255. The van der Waals surface area contributed by atoms with Crippen molar-refractivity contribution in [1.82, 2.24) is 4.72 Å². The molecule has 4 nitrogen and oxygen atoms in total. The van der Waals surface area contributed by atoms with Gasteiger partial charge in [0.05, 0.1) is 6.26 Å². The van der Waals surface area contributed by atoms with Crippen LogP contribution in [0.15, 0.2) is 42.5 Å². The molecule has 2 N–H and O–H groups in total. The zero-order chi connectivity index (χ0) is 13.9. The smallest absolute Gasteiger partial charge is 0.209 e. The van der Waals surface area contributed by atoms with Gasteiger partial charge in [0.1, 0.15) is 6.10 Å². The van der Waals surface area contributed by atoms with Crippen LogP contribution in [0.25, 0.3) is 0 Å². The van der Waals surface area contributed by atoms with Gasteiger partial charge in [-0.1, -0.05) is 30.3 Å². The van der Waals surface area contributed by atoms with Gasteiger partial charge in [0.2, 0.25) is 10.0 Å². The van der Waals surface area contributed by atoms with Gasteiger partial charge in [-0.05, 0) is 17.7 Å². The second kappa shape index (κ2) is 5.83. The van der Waals surface area contributed by atoms with Crippen molar-refractivity contribution in [2.75, 3.05) is 6.26 Å². The van der Waals surface area contributed by atoms with Gasteiger partial charge < -0.3 is 5.11 Å². The average molecular weight is 297 g/mol. The fourth-order valence-corrected chi connectivity index (χ4v) is 3.11. The molecule has 19 heavy (non-hydrogen) atoms. The number of sulfonamides is 1. The average Bonchev–Trinajstić information content (AvgIpc) is 2.84. The minimum Gasteiger partial charge on any atom is -0.383 e. The Balaban J connectivity index is 2.09. The van der Waals surface area contributed by atoms with Crippen LogP contribution in [0, 0.1) is 0 Å². The Kier molecular flexibility index (Phi) is 4.36. The highest BCUT2D eigenvalue weighted by Gasteiger charge is 2.13. The summed E-state index contributed by atoms with van der Waals surface area (Å²) in [7, 11) is -3.19. The number of benzene rings is 1. The molecule has 1 aromatic carbocycles. The number of rotatable bonds is 5. The van der Waals surface area contributed by atoms with Crippen molar-refractivity contribution in [3.8, 4) is 0 Å². The van der Waals surface area contributed by atoms with E-state index in [9.17, 15) is 13.5 Å². The SMILES string of the molecule is CS(=O)(=O)NCc1ccc(C(O)c2ccccc2)s1. The van der Waals surface area contributed by atoms with Gasteiger partial charge in [-0.25, -0.2) is 13.1 Å². The second-order valence-electron chi connectivity index (χ2n) is 4.21. The fraction of sp³-hybridized carbons (Fsp3) is 0.231. The molecule has 1 heterocycles. The van der Waals surface area contributed by atoms with Crippen LogP contribution >= 0.6 is 11.3 Å². The van der Waals surface area contributed by atoms with Crippen molar-refractivity contribution in [2.24, 2.45) is 0 Å². The molecule has 0 aliphatic rings. The summed E-state index contributed by atoms with van der Waals surface area (Å²) >= 11 is 1.40. The minimum absolute atomic E-state index is 0.255. The number of nitrogens with one attached hydrogen (secondary N) is 1. The lowest BCUT2D eigenvalue weighted by molar-refractivity contribution is 0.224. The minimum atomic E-state index is -3.19. The summed E-state index contributed by atoms with van der Waals surface area (Å²) in [5.41, 5.74) is 0.826. The van der Waals surface area contributed by atoms with Gasteiger partial charge in [0.25, 0.3) is 0 Å². The Morgan fingerprint density at radius 1 is 1.21 bits per heavy atom. The largest absolute Gasteiger partial charge is 0.383 e. The summed E-state index contributed by atoms with van der Waals surface area (Å²) < 4.78 is 24.5. The van der Waals surface area contributed by atoms with E-state index in [-0.39, 0.29) is 6.54 Å². The summed E-state index contributed by atoms with van der Waals surface area (Å²) in [6, 6.07) is 13.0. The predicted molar refractivity (Wildman–Crippen MR) is 76.5 cm³/mol. The first-order valence-electron chi connectivity index (χ1n) is 5.72. The summed E-state index contributed by atoms with van der Waals surface area (Å²) in [5, 5.41) is 10.2. The lowest BCUT2D eigenvalue weighted by Gasteiger charge is -2.08. The topological polar surface area (TPSA) is 66.4 Å². The van der Waals surface area contributed by atoms with Crippen molar-refractivity contribution in [1.29, 1.82) is 0 Å². The molecule has 0 amide bonds. The lowest BCUT2D eigenvalue weighted by atomic mass is 10.1. The molecule has 102 valence electrons. The molecule has 0 bridgehead atoms. The summed E-state index contributed by atoms with van der Waals surface area (Å²) in [5.74, 6) is 0. The molecule has 2 rings (SSSR count). The van der Waals surface area contributed by atoms with Crippen LogP contribution in [0.3, 0.4) is 0 Å². The van der Waals surface area contributed by atoms with Crippen LogP contribution in [0.1, 0.15) is 21.4 Å². The zero-order valence-electron chi connectivity index (χ0n) is 10.4. The van der Waals surface area contributed by atoms with Crippen molar-refractivity contribution in [2.45, 2.75) is 12.6 Å². The number of aliphatic hydroxyl groups excluding tert-OH is 1. The highest BCUT2D eigenvalue weighted by Crippen LogP contribution is 2.28. The van der Waals surface area contributed by atoms with E-state index in [1.807, 2.05) is 42.5 Å². The zero-order valence-corrected chi connectivity index (χ0v) is 12.0. The van der Waals surface area contributed by atoms with Crippen molar-refractivity contribution in [3.63, 3.8) is 0 Å². The standard InChI is InChI=1S/C13H15NO3S2/c1-19(16,17)14-9-11-7-8-12(18-11)13(15)10-5-3-2-4-6-10/h2-8,13-15H,9H2,1H3. The van der Waals surface area contributed by atoms with E-state index in [1.54, 1.807) is 0 Å². The second-order valence-corrected chi connectivity index (χ2v) is 7.24. The normalized spacial score (nSPS) is 13.4. The van der Waals surface area contributed by atoms with Crippen LogP contribution in [0.2, 0.25) is 0 Å². The number of aliphatic hydroxyl groups is 1. The third-order valence-corrected chi connectivity index (χ3v) is 4.38. The van der Waals surface area contributed by atoms with Crippen molar-refractivity contribution >= 4 is 21.4 Å². The summed E-state index contributed by atoms with van der Waals surface area (Å²) in [4.78, 5) is 1.67. The molecule has 2 aromatic rings. The highest BCUT2D eigenvalue weighted by atomic mass is 32.2. The Labute approximate surface area is 116 Å². The number of hydrogen-bond acceptors (Lipinski definition) is 4. The van der Waals surface area contributed by atoms with Gasteiger partial charge in [0.15, 0.2) is 0 Å². The molecule has 6 heteroatoms. The van der Waals surface area contributed by atoms with E-state index in [2.05, 4.69) is 4.72 Å². The van der Waals surface area contributed by atoms with E-state index in [1.165, 1.54) is 11.3 Å². The molecule has 0 aliphatic heterocycles. The predicted octanol–water partition coefficient (Wildman–Crippen LogP) is 1.88. The number of hydrogen-bond donors (Lipinski definition) is 2. The third-order valence-electron chi connectivity index (χ3n) is 2.58. The van der Waals surface area contributed by atoms with Crippen LogP contribution < -0.4 is 4.72 Å². The highest BCUT2D eigenvalue weighted by molar-refractivity contribution is 7.88. The molecular formula is C13H15NO3S2. The quantitative estimate of drug-likeness (QED) is 0.885. The van der Waals surface area contributed by atoms with E-state index < -0.39 is 16.1 Å². The van der Waals surface area contributed by atoms with Gasteiger partial charge >= 0.3 is 0 Å². The Morgan fingerprint density at radius 3 is 2.53 bits per heavy atom. The molecule has 0 saturated carbocycles. The monoisotopic (exact) mass is 297 g/mol. The van der Waals surface area contributed by atoms with Gasteiger partial charge in [-0.3, -0.25) is 0 Å². The van der Waals surface area contributed by atoms with Crippen LogP contribution in [0.5, 0.6) is 0 Å². The molecule has 0 radical (unpaired) electrons. The molecule has 1 unspecified atom stereocenters.